The van der Waals surface area contributed by atoms with Gasteiger partial charge < -0.3 is 10.4 Å². The van der Waals surface area contributed by atoms with Crippen LogP contribution < -0.4 is 5.32 Å². The second-order valence-electron chi connectivity index (χ2n) is 5.54. The molecule has 2 atom stereocenters. The van der Waals surface area contributed by atoms with Crippen LogP contribution >= 0.6 is 0 Å². The van der Waals surface area contributed by atoms with Crippen molar-refractivity contribution < 1.29 is 9.90 Å². The summed E-state index contributed by atoms with van der Waals surface area (Å²) in [4.78, 5) is 14.1. The molecule has 0 aliphatic heterocycles. The van der Waals surface area contributed by atoms with Crippen molar-refractivity contribution in [1.82, 2.24) is 14.7 Å². The smallest absolute Gasteiger partial charge is 0.242 e. The topological polar surface area (TPSA) is 70.4 Å². The van der Waals surface area contributed by atoms with E-state index in [4.69, 9.17) is 0 Å². The van der Waals surface area contributed by atoms with Gasteiger partial charge in [-0.05, 0) is 41.2 Å². The Bertz CT molecular complexity index is 429. The number of hydrogen-bond acceptors (Lipinski definition) is 4. The number of likely N-dealkylation sites (N-methyl/N-ethyl adjacent to an activating group) is 1. The van der Waals surface area contributed by atoms with Crippen LogP contribution in [0.4, 0.5) is 5.82 Å². The first kappa shape index (κ1) is 16.7. The third kappa shape index (κ3) is 4.61. The molecular weight excluding hydrogens is 256 g/mol. The minimum absolute atomic E-state index is 0.0690. The molecule has 6 nitrogen and oxygen atoms in total. The summed E-state index contributed by atoms with van der Waals surface area (Å²) in [5.41, 5.74) is 0. The monoisotopic (exact) mass is 282 g/mol. The fourth-order valence-corrected chi connectivity index (χ4v) is 1.84. The summed E-state index contributed by atoms with van der Waals surface area (Å²) in [6.07, 6.45) is 1.98. The van der Waals surface area contributed by atoms with Gasteiger partial charge >= 0.3 is 0 Å². The van der Waals surface area contributed by atoms with E-state index in [-0.39, 0.29) is 24.1 Å². The molecule has 114 valence electrons. The summed E-state index contributed by atoms with van der Waals surface area (Å²) in [5, 5.41) is 16.4. The van der Waals surface area contributed by atoms with Gasteiger partial charge in [0, 0.05) is 18.7 Å². The first-order valence-electron chi connectivity index (χ1n) is 7.05. The Morgan fingerprint density at radius 2 is 2.10 bits per heavy atom. The molecule has 1 rings (SSSR count). The highest BCUT2D eigenvalue weighted by molar-refractivity contribution is 5.93. The highest BCUT2D eigenvalue weighted by Crippen LogP contribution is 2.14. The van der Waals surface area contributed by atoms with Gasteiger partial charge in [0.05, 0.1) is 18.3 Å². The number of aromatic nitrogens is 2. The Morgan fingerprint density at radius 3 is 2.65 bits per heavy atom. The average Bonchev–Trinajstić information content (AvgIpc) is 2.83. The van der Waals surface area contributed by atoms with Gasteiger partial charge in [0.1, 0.15) is 5.82 Å². The van der Waals surface area contributed by atoms with E-state index in [9.17, 15) is 9.90 Å². The Labute approximate surface area is 120 Å². The van der Waals surface area contributed by atoms with E-state index in [2.05, 4.69) is 10.4 Å². The van der Waals surface area contributed by atoms with Crippen molar-refractivity contribution >= 4 is 11.7 Å². The van der Waals surface area contributed by atoms with Crippen LogP contribution in [0.2, 0.25) is 0 Å². The molecule has 1 amide bonds. The maximum Gasteiger partial charge on any atom is 0.242 e. The molecule has 0 saturated heterocycles. The summed E-state index contributed by atoms with van der Waals surface area (Å²) >= 11 is 0. The van der Waals surface area contributed by atoms with Gasteiger partial charge in [0.2, 0.25) is 5.91 Å². The molecule has 0 spiro atoms. The fourth-order valence-electron chi connectivity index (χ4n) is 1.84. The van der Waals surface area contributed by atoms with E-state index in [1.807, 2.05) is 32.7 Å². The Morgan fingerprint density at radius 1 is 1.45 bits per heavy atom. The minimum atomic E-state index is -0.352. The lowest BCUT2D eigenvalue weighted by Crippen LogP contribution is -2.41. The van der Waals surface area contributed by atoms with E-state index >= 15 is 0 Å². The molecule has 6 heteroatoms. The Hall–Kier alpha value is -1.40. The molecule has 0 saturated carbocycles. The highest BCUT2D eigenvalue weighted by atomic mass is 16.3. The molecule has 2 unspecified atom stereocenters. The molecule has 0 bridgehead atoms. The summed E-state index contributed by atoms with van der Waals surface area (Å²) in [7, 11) is 1.88. The number of rotatable bonds is 7. The Kier molecular flexibility index (Phi) is 6.16. The van der Waals surface area contributed by atoms with Crippen molar-refractivity contribution in [1.29, 1.82) is 0 Å². The molecular formula is C14H26N4O2. The molecule has 20 heavy (non-hydrogen) atoms. The second kappa shape index (κ2) is 7.40. The van der Waals surface area contributed by atoms with Gasteiger partial charge in [-0.3, -0.25) is 9.69 Å². The molecule has 1 aromatic heterocycles. The quantitative estimate of drug-likeness (QED) is 0.795. The summed E-state index contributed by atoms with van der Waals surface area (Å²) in [6, 6.07) is 1.73. The normalized spacial score (nSPS) is 14.6. The van der Waals surface area contributed by atoms with Crippen molar-refractivity contribution in [3.63, 3.8) is 0 Å². The van der Waals surface area contributed by atoms with E-state index in [1.165, 1.54) is 0 Å². The van der Waals surface area contributed by atoms with Crippen LogP contribution in [0.5, 0.6) is 0 Å². The number of nitrogens with one attached hydrogen (secondary N) is 1. The van der Waals surface area contributed by atoms with Crippen LogP contribution in [-0.4, -0.2) is 51.4 Å². The third-order valence-corrected chi connectivity index (χ3v) is 3.35. The molecule has 2 N–H and O–H groups in total. The highest BCUT2D eigenvalue weighted by Gasteiger charge is 2.19. The maximum absolute atomic E-state index is 12.2. The number of anilines is 1. The first-order valence-corrected chi connectivity index (χ1v) is 7.05. The summed E-state index contributed by atoms with van der Waals surface area (Å²) < 4.78 is 1.78. The Balaban J connectivity index is 2.59. The van der Waals surface area contributed by atoms with Crippen molar-refractivity contribution in [3.05, 3.63) is 12.3 Å². The maximum atomic E-state index is 12.2. The van der Waals surface area contributed by atoms with Crippen LogP contribution in [0.25, 0.3) is 0 Å². The van der Waals surface area contributed by atoms with Crippen molar-refractivity contribution in [2.24, 2.45) is 0 Å². The number of hydrogen-bond donors (Lipinski definition) is 2. The van der Waals surface area contributed by atoms with Crippen LogP contribution in [0, 0.1) is 0 Å². The SMILES string of the molecule is CC(O)CCN(C)C(C)C(=O)Nc1ccnn1C(C)C. The van der Waals surface area contributed by atoms with E-state index in [0.29, 0.717) is 18.8 Å². The number of nitrogens with zero attached hydrogens (tertiary/aromatic N) is 3. The minimum Gasteiger partial charge on any atom is -0.393 e. The van der Waals surface area contributed by atoms with Gasteiger partial charge in [-0.1, -0.05) is 0 Å². The number of aliphatic hydroxyl groups excluding tert-OH is 1. The average molecular weight is 282 g/mol. The van der Waals surface area contributed by atoms with Crippen LogP contribution in [0.15, 0.2) is 12.3 Å². The van der Waals surface area contributed by atoms with E-state index < -0.39 is 0 Å². The standard InChI is InChI=1S/C14H26N4O2/c1-10(2)18-13(6-8-15-18)16-14(20)12(4)17(5)9-7-11(3)19/h6,8,10-12,19H,7,9H2,1-5H3,(H,16,20). The van der Waals surface area contributed by atoms with Gasteiger partial charge in [-0.15, -0.1) is 0 Å². The first-order chi connectivity index (χ1) is 9.32. The predicted molar refractivity (Wildman–Crippen MR) is 79.6 cm³/mol. The molecule has 0 fully saturated rings. The largest absolute Gasteiger partial charge is 0.393 e. The van der Waals surface area contributed by atoms with Crippen molar-refractivity contribution in [2.75, 3.05) is 18.9 Å². The van der Waals surface area contributed by atoms with Gasteiger partial charge in [-0.2, -0.15) is 5.10 Å². The molecule has 0 aliphatic rings. The molecule has 1 aromatic rings. The fraction of sp³-hybridized carbons (Fsp3) is 0.714. The van der Waals surface area contributed by atoms with Gasteiger partial charge in [0.15, 0.2) is 0 Å². The van der Waals surface area contributed by atoms with Crippen molar-refractivity contribution in [2.45, 2.75) is 52.3 Å². The molecule has 0 aliphatic carbocycles. The van der Waals surface area contributed by atoms with Gasteiger partial charge in [0.25, 0.3) is 0 Å². The lowest BCUT2D eigenvalue weighted by Gasteiger charge is -2.24. The zero-order valence-electron chi connectivity index (χ0n) is 13.0. The number of carbonyl (C=O) groups excluding carboxylic acids is 1. The van der Waals surface area contributed by atoms with Crippen LogP contribution in [0.3, 0.4) is 0 Å². The lowest BCUT2D eigenvalue weighted by atomic mass is 10.2. The molecule has 1 heterocycles. The lowest BCUT2D eigenvalue weighted by molar-refractivity contribution is -0.120. The molecule has 0 aromatic carbocycles. The van der Waals surface area contributed by atoms with Crippen LogP contribution in [0.1, 0.15) is 40.2 Å². The van der Waals surface area contributed by atoms with Crippen LogP contribution in [-0.2, 0) is 4.79 Å². The zero-order chi connectivity index (χ0) is 15.3. The number of aliphatic hydroxyl groups is 1. The second-order valence-corrected chi connectivity index (χ2v) is 5.54. The summed E-state index contributed by atoms with van der Waals surface area (Å²) in [6.45, 7) is 8.31. The third-order valence-electron chi connectivity index (χ3n) is 3.35. The number of carbonyl (C=O) groups is 1. The van der Waals surface area contributed by atoms with Gasteiger partial charge in [-0.25, -0.2) is 4.68 Å². The van der Waals surface area contributed by atoms with Crippen molar-refractivity contribution in [3.8, 4) is 0 Å². The molecule has 0 radical (unpaired) electrons. The van der Waals surface area contributed by atoms with E-state index in [0.717, 1.165) is 0 Å². The zero-order valence-corrected chi connectivity index (χ0v) is 13.0. The predicted octanol–water partition coefficient (Wildman–Crippen LogP) is 1.49. The van der Waals surface area contributed by atoms with E-state index in [1.54, 1.807) is 23.9 Å². The summed E-state index contributed by atoms with van der Waals surface area (Å²) in [5.74, 6) is 0.640. The number of amides is 1.